The summed E-state index contributed by atoms with van der Waals surface area (Å²) in [5.74, 6) is -7.22. The van der Waals surface area contributed by atoms with Crippen LogP contribution in [0.25, 0.3) is 0 Å². The minimum Gasteiger partial charge on any atom is -0.481 e. The van der Waals surface area contributed by atoms with Gasteiger partial charge in [0, 0.05) is 6.54 Å². The maximum atomic E-state index is 12.8. The molecule has 0 aromatic heterocycles. The predicted molar refractivity (Wildman–Crippen MR) is 122 cm³/mol. The van der Waals surface area contributed by atoms with Gasteiger partial charge in [0.15, 0.2) is 5.96 Å². The van der Waals surface area contributed by atoms with Crippen LogP contribution in [0.3, 0.4) is 0 Å². The summed E-state index contributed by atoms with van der Waals surface area (Å²) in [6.45, 7) is 3.23. The van der Waals surface area contributed by atoms with Gasteiger partial charge in [-0.15, -0.1) is 0 Å². The Kier molecular flexibility index (Phi) is 13.4. The lowest BCUT2D eigenvalue weighted by Crippen LogP contribution is -2.58. The van der Waals surface area contributed by atoms with Crippen molar-refractivity contribution in [3.05, 3.63) is 0 Å². The molecule has 4 atom stereocenters. The smallest absolute Gasteiger partial charge is 0.326 e. The number of guanidine groups is 1. The summed E-state index contributed by atoms with van der Waals surface area (Å²) in [6, 6.07) is -5.67. The van der Waals surface area contributed by atoms with Gasteiger partial charge in [0.05, 0.1) is 18.9 Å². The molecule has 0 fully saturated rings. The molecule has 198 valence electrons. The van der Waals surface area contributed by atoms with Gasteiger partial charge >= 0.3 is 11.9 Å². The molecule has 0 saturated carbocycles. The number of nitrogens with zero attached hydrogens (tertiary/aromatic N) is 1. The number of amides is 4. The first-order valence-electron chi connectivity index (χ1n) is 10.6. The zero-order chi connectivity index (χ0) is 27.3. The van der Waals surface area contributed by atoms with Crippen LogP contribution in [0.4, 0.5) is 0 Å². The lowest BCUT2D eigenvalue weighted by Gasteiger charge is -2.25. The summed E-state index contributed by atoms with van der Waals surface area (Å²) >= 11 is 0. The average Bonchev–Trinajstić information content (AvgIpc) is 2.71. The van der Waals surface area contributed by atoms with Crippen LogP contribution in [0.5, 0.6) is 0 Å². The third kappa shape index (κ3) is 12.8. The monoisotopic (exact) mass is 502 g/mol. The number of carboxylic acids is 2. The van der Waals surface area contributed by atoms with E-state index in [0.29, 0.717) is 0 Å². The Balaban J connectivity index is 5.65. The Morgan fingerprint density at radius 1 is 0.829 bits per heavy atom. The molecule has 0 bridgehead atoms. The summed E-state index contributed by atoms with van der Waals surface area (Å²) in [7, 11) is 0. The molecule has 4 amide bonds. The fourth-order valence-corrected chi connectivity index (χ4v) is 2.78. The zero-order valence-corrected chi connectivity index (χ0v) is 19.5. The van der Waals surface area contributed by atoms with E-state index >= 15 is 0 Å². The van der Waals surface area contributed by atoms with E-state index in [1.807, 2.05) is 0 Å². The number of carbonyl (C=O) groups excluding carboxylic acids is 4. The Bertz CT molecular complexity index is 828. The highest BCUT2D eigenvalue weighted by Gasteiger charge is 2.32. The van der Waals surface area contributed by atoms with Crippen molar-refractivity contribution in [1.29, 1.82) is 0 Å². The summed E-state index contributed by atoms with van der Waals surface area (Å²) in [6.07, 6.45) is -1.27. The molecule has 0 aliphatic heterocycles. The molecule has 35 heavy (non-hydrogen) atoms. The van der Waals surface area contributed by atoms with Gasteiger partial charge in [0.1, 0.15) is 18.1 Å². The van der Waals surface area contributed by atoms with Crippen LogP contribution in [0.1, 0.15) is 39.5 Å². The van der Waals surface area contributed by atoms with Gasteiger partial charge in [0.2, 0.25) is 23.6 Å². The van der Waals surface area contributed by atoms with Crippen molar-refractivity contribution in [2.45, 2.75) is 63.7 Å². The van der Waals surface area contributed by atoms with E-state index in [1.54, 1.807) is 13.8 Å². The molecule has 16 nitrogen and oxygen atoms in total. The predicted octanol–water partition coefficient (Wildman–Crippen LogP) is -4.09. The molecule has 0 aromatic rings. The Morgan fingerprint density at radius 2 is 1.37 bits per heavy atom. The van der Waals surface area contributed by atoms with Crippen molar-refractivity contribution in [3.8, 4) is 0 Å². The first kappa shape index (κ1) is 31.0. The Morgan fingerprint density at radius 3 is 1.83 bits per heavy atom. The number of hydrogen-bond donors (Lipinski definition) is 9. The number of aliphatic carboxylic acids is 2. The fraction of sp³-hybridized carbons (Fsp3) is 0.632. The third-order valence-electron chi connectivity index (χ3n) is 4.58. The van der Waals surface area contributed by atoms with Crippen LogP contribution in [0.15, 0.2) is 4.99 Å². The first-order valence-corrected chi connectivity index (χ1v) is 10.6. The van der Waals surface area contributed by atoms with Crippen molar-refractivity contribution in [3.63, 3.8) is 0 Å². The second-order valence-corrected chi connectivity index (χ2v) is 8.01. The van der Waals surface area contributed by atoms with E-state index in [-0.39, 0.29) is 25.3 Å². The number of hydrogen-bond acceptors (Lipinski definition) is 8. The number of rotatable bonds is 16. The molecule has 0 aliphatic carbocycles. The largest absolute Gasteiger partial charge is 0.481 e. The minimum atomic E-state index is -1.66. The fourth-order valence-electron chi connectivity index (χ4n) is 2.78. The molecular weight excluding hydrogens is 468 g/mol. The molecule has 0 spiro atoms. The maximum absolute atomic E-state index is 12.8. The highest BCUT2D eigenvalue weighted by Crippen LogP contribution is 2.06. The van der Waals surface area contributed by atoms with Crippen molar-refractivity contribution in [2.24, 2.45) is 33.8 Å². The molecule has 4 unspecified atom stereocenters. The second kappa shape index (κ2) is 15.0. The molecule has 0 rings (SSSR count). The quantitative estimate of drug-likeness (QED) is 0.0555. The van der Waals surface area contributed by atoms with Gasteiger partial charge in [-0.05, 0) is 18.8 Å². The van der Waals surface area contributed by atoms with Crippen molar-refractivity contribution in [2.75, 3.05) is 6.54 Å². The summed E-state index contributed by atoms with van der Waals surface area (Å²) in [5.41, 5.74) is 21.0. The lowest BCUT2D eigenvalue weighted by atomic mass is 10.0. The van der Waals surface area contributed by atoms with Gasteiger partial charge in [-0.25, -0.2) is 4.79 Å². The van der Waals surface area contributed by atoms with Crippen molar-refractivity contribution in [1.82, 2.24) is 16.0 Å². The van der Waals surface area contributed by atoms with E-state index in [2.05, 4.69) is 20.9 Å². The first-order chi connectivity index (χ1) is 16.1. The van der Waals surface area contributed by atoms with E-state index < -0.39 is 78.5 Å². The van der Waals surface area contributed by atoms with Gasteiger partial charge in [-0.1, -0.05) is 13.8 Å². The van der Waals surface area contributed by atoms with E-state index in [9.17, 15) is 33.9 Å². The van der Waals surface area contributed by atoms with Crippen LogP contribution in [-0.4, -0.2) is 82.5 Å². The Labute approximate surface area is 201 Å². The number of aliphatic imine (C=N–C) groups is 1. The molecule has 0 aromatic carbocycles. The third-order valence-corrected chi connectivity index (χ3v) is 4.58. The standard InChI is InChI=1S/C19H34N8O8/c1-8(2)14(18(34)35)27-16(32)10(4-3-5-24-19(22)23)25-17(33)11(7-13(29)30)26-15(31)9(20)6-12(21)28/h8-11,14H,3-7,20H2,1-2H3,(H2,21,28)(H,25,33)(H,26,31)(H,27,32)(H,29,30)(H,34,35)(H4,22,23,24). The average molecular weight is 503 g/mol. The minimum absolute atomic E-state index is 0.0479. The number of nitrogens with two attached hydrogens (primary N) is 4. The van der Waals surface area contributed by atoms with Crippen LogP contribution in [0.2, 0.25) is 0 Å². The van der Waals surface area contributed by atoms with E-state index in [1.165, 1.54) is 0 Å². The van der Waals surface area contributed by atoms with Gasteiger partial charge in [-0.2, -0.15) is 0 Å². The number of primary amides is 1. The van der Waals surface area contributed by atoms with Crippen LogP contribution in [-0.2, 0) is 28.8 Å². The summed E-state index contributed by atoms with van der Waals surface area (Å²) < 4.78 is 0. The lowest BCUT2D eigenvalue weighted by molar-refractivity contribution is -0.144. The summed E-state index contributed by atoms with van der Waals surface area (Å²) in [5, 5.41) is 25.2. The SMILES string of the molecule is CC(C)C(NC(=O)C(CCCN=C(N)N)NC(=O)C(CC(=O)O)NC(=O)C(N)CC(N)=O)C(=O)O. The number of carbonyl (C=O) groups is 6. The molecule has 0 aliphatic rings. The molecule has 0 saturated heterocycles. The van der Waals surface area contributed by atoms with Gasteiger partial charge < -0.3 is 49.1 Å². The van der Waals surface area contributed by atoms with E-state index in [0.717, 1.165) is 0 Å². The van der Waals surface area contributed by atoms with Crippen molar-refractivity contribution >= 4 is 41.5 Å². The summed E-state index contributed by atoms with van der Waals surface area (Å²) in [4.78, 5) is 75.1. The molecular formula is C19H34N8O8. The highest BCUT2D eigenvalue weighted by atomic mass is 16.4. The molecule has 0 heterocycles. The van der Waals surface area contributed by atoms with Crippen molar-refractivity contribution < 1.29 is 39.0 Å². The highest BCUT2D eigenvalue weighted by molar-refractivity contribution is 5.96. The number of carboxylic acid groups (broad SMARTS) is 2. The number of nitrogens with one attached hydrogen (secondary N) is 3. The topological polar surface area (TPSA) is 295 Å². The maximum Gasteiger partial charge on any atom is 0.326 e. The van der Waals surface area contributed by atoms with Crippen LogP contribution >= 0.6 is 0 Å². The second-order valence-electron chi connectivity index (χ2n) is 8.01. The van der Waals surface area contributed by atoms with Gasteiger partial charge in [-0.3, -0.25) is 29.0 Å². The normalized spacial score (nSPS) is 14.1. The van der Waals surface area contributed by atoms with Gasteiger partial charge in [0.25, 0.3) is 0 Å². The molecule has 13 N–H and O–H groups in total. The van der Waals surface area contributed by atoms with Crippen LogP contribution < -0.4 is 38.9 Å². The Hall–Kier alpha value is -3.95. The van der Waals surface area contributed by atoms with Crippen LogP contribution in [0, 0.1) is 5.92 Å². The zero-order valence-electron chi connectivity index (χ0n) is 19.5. The van der Waals surface area contributed by atoms with E-state index in [4.69, 9.17) is 28.0 Å². The molecule has 16 heteroatoms. The molecule has 0 radical (unpaired) electrons.